The Hall–Kier alpha value is -4.05. The summed E-state index contributed by atoms with van der Waals surface area (Å²) in [6, 6.07) is 14.1. The van der Waals surface area contributed by atoms with Crippen LogP contribution in [0.3, 0.4) is 0 Å². The third-order valence-electron chi connectivity index (χ3n) is 5.07. The molecule has 0 atom stereocenters. The van der Waals surface area contributed by atoms with Gasteiger partial charge in [-0.05, 0) is 36.4 Å². The summed E-state index contributed by atoms with van der Waals surface area (Å²) < 4.78 is 15.9. The molecule has 1 saturated heterocycles. The minimum absolute atomic E-state index is 0.369. The average Bonchev–Trinajstić information content (AvgIpc) is 2.86. The second-order valence-electron chi connectivity index (χ2n) is 7.25. The molecule has 3 aromatic rings. The van der Waals surface area contributed by atoms with Crippen LogP contribution in [0.25, 0.3) is 0 Å². The molecule has 33 heavy (non-hydrogen) atoms. The minimum Gasteiger partial charge on any atom is -0.493 e. The molecule has 1 fully saturated rings. The van der Waals surface area contributed by atoms with E-state index in [2.05, 4.69) is 31.0 Å². The van der Waals surface area contributed by atoms with Crippen LogP contribution >= 0.6 is 0 Å². The van der Waals surface area contributed by atoms with E-state index in [0.29, 0.717) is 41.9 Å². The van der Waals surface area contributed by atoms with Crippen LogP contribution in [0.2, 0.25) is 0 Å². The number of methoxy groups -OCH3 is 2. The van der Waals surface area contributed by atoms with Gasteiger partial charge in [-0.25, -0.2) is 4.79 Å². The highest BCUT2D eigenvalue weighted by Crippen LogP contribution is 2.30. The number of nitrogens with one attached hydrogen (secondary N) is 3. The first-order valence-corrected chi connectivity index (χ1v) is 10.5. The van der Waals surface area contributed by atoms with Crippen LogP contribution in [0.1, 0.15) is 0 Å². The van der Waals surface area contributed by atoms with E-state index in [1.165, 1.54) is 0 Å². The maximum absolute atomic E-state index is 12.4. The van der Waals surface area contributed by atoms with Crippen molar-refractivity contribution in [2.45, 2.75) is 0 Å². The predicted molar refractivity (Wildman–Crippen MR) is 127 cm³/mol. The van der Waals surface area contributed by atoms with Crippen LogP contribution in [0.5, 0.6) is 11.5 Å². The summed E-state index contributed by atoms with van der Waals surface area (Å²) in [6.45, 7) is 3.08. The van der Waals surface area contributed by atoms with Gasteiger partial charge >= 0.3 is 6.03 Å². The van der Waals surface area contributed by atoms with Crippen LogP contribution in [0, 0.1) is 0 Å². The van der Waals surface area contributed by atoms with Crippen LogP contribution < -0.4 is 30.3 Å². The van der Waals surface area contributed by atoms with Crippen LogP contribution in [0.15, 0.2) is 54.7 Å². The number of ether oxygens (including phenoxy) is 3. The maximum atomic E-state index is 12.4. The SMILES string of the molecule is COc1ccc(NC(=O)Nc2ccc(Nc3cc(N4CCOCC4)cnn3)cc2)cc1OC. The summed E-state index contributed by atoms with van der Waals surface area (Å²) in [6.07, 6.45) is 1.75. The van der Waals surface area contributed by atoms with Crippen molar-refractivity contribution in [3.63, 3.8) is 0 Å². The van der Waals surface area contributed by atoms with Gasteiger partial charge in [-0.1, -0.05) is 0 Å². The van der Waals surface area contributed by atoms with Crippen molar-refractivity contribution in [1.29, 1.82) is 0 Å². The first-order valence-electron chi connectivity index (χ1n) is 10.5. The molecular formula is C23H26N6O4. The molecule has 0 unspecified atom stereocenters. The molecule has 0 spiro atoms. The molecular weight excluding hydrogens is 424 g/mol. The molecule has 1 aliphatic heterocycles. The Morgan fingerprint density at radius 3 is 2.30 bits per heavy atom. The highest BCUT2D eigenvalue weighted by Gasteiger charge is 2.13. The van der Waals surface area contributed by atoms with Crippen molar-refractivity contribution >= 4 is 34.6 Å². The molecule has 172 valence electrons. The number of anilines is 5. The fraction of sp³-hybridized carbons (Fsp3) is 0.261. The normalized spacial score (nSPS) is 13.2. The minimum atomic E-state index is -0.369. The quantitative estimate of drug-likeness (QED) is 0.500. The number of benzene rings is 2. The topological polar surface area (TPSA) is 110 Å². The number of urea groups is 1. The zero-order valence-electron chi connectivity index (χ0n) is 18.5. The van der Waals surface area contributed by atoms with E-state index in [1.54, 1.807) is 50.7 Å². The zero-order chi connectivity index (χ0) is 23.0. The third-order valence-corrected chi connectivity index (χ3v) is 5.07. The molecule has 10 nitrogen and oxygen atoms in total. The summed E-state index contributed by atoms with van der Waals surface area (Å²) in [5.74, 6) is 1.77. The Labute approximate surface area is 191 Å². The molecule has 0 saturated carbocycles. The smallest absolute Gasteiger partial charge is 0.323 e. The molecule has 2 aromatic carbocycles. The predicted octanol–water partition coefficient (Wildman–Crippen LogP) is 3.72. The lowest BCUT2D eigenvalue weighted by Gasteiger charge is -2.28. The molecule has 2 amide bonds. The van der Waals surface area contributed by atoms with Crippen LogP contribution in [-0.4, -0.2) is 56.8 Å². The van der Waals surface area contributed by atoms with Gasteiger partial charge in [0, 0.05) is 42.3 Å². The number of hydrogen-bond acceptors (Lipinski definition) is 8. The van der Waals surface area contributed by atoms with Crippen LogP contribution in [0.4, 0.5) is 33.4 Å². The highest BCUT2D eigenvalue weighted by atomic mass is 16.5. The van der Waals surface area contributed by atoms with Crippen molar-refractivity contribution in [2.24, 2.45) is 0 Å². The zero-order valence-corrected chi connectivity index (χ0v) is 18.5. The second kappa shape index (κ2) is 10.5. The Bertz CT molecular complexity index is 1090. The Morgan fingerprint density at radius 2 is 1.58 bits per heavy atom. The van der Waals surface area contributed by atoms with E-state index in [4.69, 9.17) is 14.2 Å². The van der Waals surface area contributed by atoms with Crippen molar-refractivity contribution < 1.29 is 19.0 Å². The Kier molecular flexibility index (Phi) is 7.06. The van der Waals surface area contributed by atoms with Crippen LogP contribution in [-0.2, 0) is 4.74 Å². The molecule has 0 radical (unpaired) electrons. The first-order chi connectivity index (χ1) is 16.1. The van der Waals surface area contributed by atoms with E-state index < -0.39 is 0 Å². The summed E-state index contributed by atoms with van der Waals surface area (Å²) in [4.78, 5) is 14.6. The summed E-state index contributed by atoms with van der Waals surface area (Å²) in [5, 5.41) is 17.1. The van der Waals surface area contributed by atoms with Crippen molar-refractivity contribution in [3.05, 3.63) is 54.7 Å². The number of rotatable bonds is 7. The number of carbonyl (C=O) groups is 1. The molecule has 2 heterocycles. The summed E-state index contributed by atoms with van der Waals surface area (Å²) in [5.41, 5.74) is 3.06. The number of nitrogens with zero attached hydrogens (tertiary/aromatic N) is 3. The molecule has 4 rings (SSSR count). The summed E-state index contributed by atoms with van der Waals surface area (Å²) >= 11 is 0. The molecule has 0 bridgehead atoms. The number of morpholine rings is 1. The van der Waals surface area contributed by atoms with Gasteiger partial charge in [0.15, 0.2) is 17.3 Å². The fourth-order valence-electron chi connectivity index (χ4n) is 3.40. The number of hydrogen-bond donors (Lipinski definition) is 3. The number of carbonyl (C=O) groups excluding carboxylic acids is 1. The molecule has 0 aliphatic carbocycles. The molecule has 3 N–H and O–H groups in total. The van der Waals surface area contributed by atoms with E-state index in [0.717, 1.165) is 24.5 Å². The largest absolute Gasteiger partial charge is 0.493 e. The van der Waals surface area contributed by atoms with E-state index in [9.17, 15) is 4.79 Å². The lowest BCUT2D eigenvalue weighted by molar-refractivity contribution is 0.122. The lowest BCUT2D eigenvalue weighted by atomic mass is 10.2. The highest BCUT2D eigenvalue weighted by molar-refractivity contribution is 6.00. The first kappa shape index (κ1) is 22.2. The van der Waals surface area contributed by atoms with Gasteiger partial charge in [0.1, 0.15) is 0 Å². The fourth-order valence-corrected chi connectivity index (χ4v) is 3.40. The standard InChI is InChI=1S/C23H26N6O4/c1-31-20-8-7-18(13-21(20)32-2)27-23(30)26-17-5-3-16(4-6-17)25-22-14-19(15-24-28-22)29-9-11-33-12-10-29/h3-8,13-15H,9-12H2,1-2H3,(H,25,28)(H2,26,27,30). The van der Waals surface area contributed by atoms with Gasteiger partial charge in [0.05, 0.1) is 39.3 Å². The van der Waals surface area contributed by atoms with E-state index in [1.807, 2.05) is 18.2 Å². The van der Waals surface area contributed by atoms with Crippen molar-refractivity contribution in [3.8, 4) is 11.5 Å². The van der Waals surface area contributed by atoms with Gasteiger partial charge in [0.2, 0.25) is 0 Å². The Morgan fingerprint density at radius 1 is 0.909 bits per heavy atom. The van der Waals surface area contributed by atoms with Gasteiger partial charge in [0.25, 0.3) is 0 Å². The molecule has 10 heteroatoms. The van der Waals surface area contributed by atoms with Crippen molar-refractivity contribution in [2.75, 3.05) is 61.4 Å². The molecule has 1 aromatic heterocycles. The van der Waals surface area contributed by atoms with Gasteiger partial charge in [-0.15, -0.1) is 5.10 Å². The van der Waals surface area contributed by atoms with E-state index >= 15 is 0 Å². The van der Waals surface area contributed by atoms with Gasteiger partial charge < -0.3 is 35.1 Å². The summed E-state index contributed by atoms with van der Waals surface area (Å²) in [7, 11) is 3.10. The third kappa shape index (κ3) is 5.80. The average molecular weight is 450 g/mol. The van der Waals surface area contributed by atoms with Crippen molar-refractivity contribution in [1.82, 2.24) is 10.2 Å². The Balaban J connectivity index is 1.34. The second-order valence-corrected chi connectivity index (χ2v) is 7.25. The monoisotopic (exact) mass is 450 g/mol. The maximum Gasteiger partial charge on any atom is 0.323 e. The van der Waals surface area contributed by atoms with E-state index in [-0.39, 0.29) is 6.03 Å². The number of amides is 2. The lowest BCUT2D eigenvalue weighted by Crippen LogP contribution is -2.36. The number of aromatic nitrogens is 2. The van der Waals surface area contributed by atoms with Gasteiger partial charge in [-0.2, -0.15) is 5.10 Å². The van der Waals surface area contributed by atoms with Gasteiger partial charge in [-0.3, -0.25) is 0 Å². The molecule has 1 aliphatic rings.